The van der Waals surface area contributed by atoms with Crippen LogP contribution < -0.4 is 14.4 Å². The van der Waals surface area contributed by atoms with Gasteiger partial charge in [-0.25, -0.2) is 8.42 Å². The van der Waals surface area contributed by atoms with E-state index in [4.69, 9.17) is 4.74 Å². The van der Waals surface area contributed by atoms with Crippen molar-refractivity contribution in [1.82, 2.24) is 5.32 Å². The fourth-order valence-corrected chi connectivity index (χ4v) is 4.03. The molecular formula is C22H30N2O4S. The fraction of sp³-hybridized carbons (Fsp3) is 0.409. The van der Waals surface area contributed by atoms with E-state index >= 15 is 0 Å². The number of benzene rings is 2. The van der Waals surface area contributed by atoms with E-state index in [1.807, 2.05) is 19.1 Å². The van der Waals surface area contributed by atoms with Crippen molar-refractivity contribution in [3.8, 4) is 5.75 Å². The maximum Gasteiger partial charge on any atom is 0.232 e. The molecule has 2 rings (SSSR count). The number of ether oxygens (including phenoxy) is 1. The van der Waals surface area contributed by atoms with Crippen LogP contribution in [-0.2, 0) is 21.2 Å². The molecule has 0 radical (unpaired) electrons. The molecular weight excluding hydrogens is 388 g/mol. The Bertz CT molecular complexity index is 911. The smallest absolute Gasteiger partial charge is 0.232 e. The molecule has 1 atom stereocenters. The summed E-state index contributed by atoms with van der Waals surface area (Å²) in [4.78, 5) is 12.3. The van der Waals surface area contributed by atoms with Crippen molar-refractivity contribution in [3.63, 3.8) is 0 Å². The molecule has 29 heavy (non-hydrogen) atoms. The Morgan fingerprint density at radius 2 is 1.86 bits per heavy atom. The highest BCUT2D eigenvalue weighted by atomic mass is 32.2. The predicted molar refractivity (Wildman–Crippen MR) is 117 cm³/mol. The quantitative estimate of drug-likeness (QED) is 0.639. The van der Waals surface area contributed by atoms with E-state index in [-0.39, 0.29) is 24.9 Å². The summed E-state index contributed by atoms with van der Waals surface area (Å²) in [6, 6.07) is 15.0. The summed E-state index contributed by atoms with van der Waals surface area (Å²) in [5.41, 5.74) is 2.83. The van der Waals surface area contributed by atoms with Crippen LogP contribution in [0.25, 0.3) is 0 Å². The van der Waals surface area contributed by atoms with Gasteiger partial charge in [-0.15, -0.1) is 0 Å². The van der Waals surface area contributed by atoms with Gasteiger partial charge in [-0.2, -0.15) is 0 Å². The molecule has 158 valence electrons. The lowest BCUT2D eigenvalue weighted by Crippen LogP contribution is -2.32. The first kappa shape index (κ1) is 22.7. The van der Waals surface area contributed by atoms with E-state index in [1.165, 1.54) is 17.0 Å². The molecule has 1 amide bonds. The number of hydrogen-bond acceptors (Lipinski definition) is 4. The first-order chi connectivity index (χ1) is 13.7. The van der Waals surface area contributed by atoms with Crippen molar-refractivity contribution in [2.24, 2.45) is 0 Å². The van der Waals surface area contributed by atoms with Crippen molar-refractivity contribution < 1.29 is 17.9 Å². The third-order valence-corrected chi connectivity index (χ3v) is 5.97. The Labute approximate surface area is 173 Å². The zero-order valence-corrected chi connectivity index (χ0v) is 18.3. The molecule has 0 aliphatic rings. The maximum absolute atomic E-state index is 12.3. The number of hydrogen-bond donors (Lipinski definition) is 1. The summed E-state index contributed by atoms with van der Waals surface area (Å²) in [5, 5.41) is 2.98. The van der Waals surface area contributed by atoms with Gasteiger partial charge in [-0.1, -0.05) is 37.3 Å². The fourth-order valence-electron chi connectivity index (χ4n) is 3.07. The van der Waals surface area contributed by atoms with Gasteiger partial charge in [-0.05, 0) is 43.0 Å². The minimum Gasteiger partial charge on any atom is -0.497 e. The van der Waals surface area contributed by atoms with E-state index in [0.717, 1.165) is 18.2 Å². The Hall–Kier alpha value is -2.54. The highest BCUT2D eigenvalue weighted by Gasteiger charge is 2.18. The molecule has 0 aliphatic heterocycles. The van der Waals surface area contributed by atoms with Crippen LogP contribution >= 0.6 is 0 Å². The third kappa shape index (κ3) is 6.78. The first-order valence-corrected chi connectivity index (χ1v) is 11.6. The van der Waals surface area contributed by atoms with Crippen LogP contribution in [0, 0.1) is 0 Å². The molecule has 0 heterocycles. The van der Waals surface area contributed by atoms with Crippen molar-refractivity contribution >= 4 is 21.6 Å². The lowest BCUT2D eigenvalue weighted by atomic mass is 10.0. The summed E-state index contributed by atoms with van der Waals surface area (Å²) in [6.45, 7) is 4.27. The highest BCUT2D eigenvalue weighted by Crippen LogP contribution is 2.23. The molecule has 0 bridgehead atoms. The molecule has 0 unspecified atom stereocenters. The third-order valence-electron chi connectivity index (χ3n) is 4.77. The van der Waals surface area contributed by atoms with Gasteiger partial charge in [0, 0.05) is 19.0 Å². The van der Waals surface area contributed by atoms with E-state index in [9.17, 15) is 13.2 Å². The molecule has 2 aromatic carbocycles. The molecule has 7 heteroatoms. The van der Waals surface area contributed by atoms with Crippen LogP contribution in [0.15, 0.2) is 48.5 Å². The molecule has 0 aromatic heterocycles. The van der Waals surface area contributed by atoms with Gasteiger partial charge in [0.05, 0.1) is 25.1 Å². The van der Waals surface area contributed by atoms with Gasteiger partial charge in [0.15, 0.2) is 0 Å². The Kier molecular flexibility index (Phi) is 8.08. The molecule has 0 saturated heterocycles. The van der Waals surface area contributed by atoms with Crippen molar-refractivity contribution in [1.29, 1.82) is 0 Å². The topological polar surface area (TPSA) is 75.7 Å². The second-order valence-corrected chi connectivity index (χ2v) is 8.93. The highest BCUT2D eigenvalue weighted by molar-refractivity contribution is 7.92. The number of amides is 1. The molecule has 0 fully saturated rings. The summed E-state index contributed by atoms with van der Waals surface area (Å²) in [7, 11) is -1.93. The van der Waals surface area contributed by atoms with Gasteiger partial charge in [0.25, 0.3) is 0 Å². The number of methoxy groups -OCH3 is 1. The van der Waals surface area contributed by atoms with Crippen molar-refractivity contribution in [2.45, 2.75) is 39.2 Å². The number of nitrogens with one attached hydrogen (secondary N) is 1. The second-order valence-electron chi connectivity index (χ2n) is 7.02. The number of aryl methyl sites for hydroxylation is 1. The van der Waals surface area contributed by atoms with Crippen LogP contribution in [0.1, 0.15) is 43.9 Å². The average Bonchev–Trinajstić information content (AvgIpc) is 2.70. The molecule has 2 aromatic rings. The van der Waals surface area contributed by atoms with Crippen LogP contribution in [-0.4, -0.2) is 34.2 Å². The molecule has 6 nitrogen and oxygen atoms in total. The van der Waals surface area contributed by atoms with Crippen LogP contribution in [0.4, 0.5) is 5.69 Å². The number of rotatable bonds is 10. The molecule has 1 N–H and O–H groups in total. The number of carbonyl (C=O) groups is 1. The summed E-state index contributed by atoms with van der Waals surface area (Å²) >= 11 is 0. The Balaban J connectivity index is 1.93. The van der Waals surface area contributed by atoms with Gasteiger partial charge < -0.3 is 10.1 Å². The number of nitrogens with zero attached hydrogens (tertiary/aromatic N) is 1. The van der Waals surface area contributed by atoms with Gasteiger partial charge in [0.2, 0.25) is 15.9 Å². The number of sulfonamides is 1. The Morgan fingerprint density at radius 3 is 2.45 bits per heavy atom. The minimum atomic E-state index is -3.47. The van der Waals surface area contributed by atoms with Crippen LogP contribution in [0.5, 0.6) is 5.75 Å². The maximum atomic E-state index is 12.3. The normalized spacial score (nSPS) is 12.3. The lowest BCUT2D eigenvalue weighted by molar-refractivity contribution is -0.121. The second kappa shape index (κ2) is 10.3. The summed E-state index contributed by atoms with van der Waals surface area (Å²) < 4.78 is 30.9. The average molecular weight is 419 g/mol. The van der Waals surface area contributed by atoms with Crippen LogP contribution in [0.2, 0.25) is 0 Å². The zero-order valence-electron chi connectivity index (χ0n) is 17.5. The standard InChI is InChI=1S/C22H30N2O4S/c1-5-18-11-13-19(14-12-18)17(2)23-22(25)10-7-15-24(29(4,26)27)20-8-6-9-21(16-20)28-3/h6,8-9,11-14,16-17H,5,7,10,15H2,1-4H3,(H,23,25)/t17-/m0/s1. The van der Waals surface area contributed by atoms with Gasteiger partial charge in [0.1, 0.15) is 5.75 Å². The van der Waals surface area contributed by atoms with Gasteiger partial charge >= 0.3 is 0 Å². The van der Waals surface area contributed by atoms with E-state index in [1.54, 1.807) is 24.3 Å². The largest absolute Gasteiger partial charge is 0.497 e. The van der Waals surface area contributed by atoms with Gasteiger partial charge in [-0.3, -0.25) is 9.10 Å². The monoisotopic (exact) mass is 418 g/mol. The number of carbonyl (C=O) groups excluding carboxylic acids is 1. The summed E-state index contributed by atoms with van der Waals surface area (Å²) in [6.07, 6.45) is 2.80. The van der Waals surface area contributed by atoms with Crippen molar-refractivity contribution in [3.05, 3.63) is 59.7 Å². The summed E-state index contributed by atoms with van der Waals surface area (Å²) in [5.74, 6) is 0.480. The molecule has 0 saturated carbocycles. The van der Waals surface area contributed by atoms with Crippen molar-refractivity contribution in [2.75, 3.05) is 24.2 Å². The molecule has 0 aliphatic carbocycles. The Morgan fingerprint density at radius 1 is 1.17 bits per heavy atom. The minimum absolute atomic E-state index is 0.0993. The van der Waals surface area contributed by atoms with E-state index in [2.05, 4.69) is 24.4 Å². The SMILES string of the molecule is CCc1ccc([C@H](C)NC(=O)CCCN(c2cccc(OC)c2)S(C)(=O)=O)cc1. The van der Waals surface area contributed by atoms with E-state index < -0.39 is 10.0 Å². The number of anilines is 1. The predicted octanol–water partition coefficient (Wildman–Crippen LogP) is 3.68. The van der Waals surface area contributed by atoms with E-state index in [0.29, 0.717) is 17.9 Å². The van der Waals surface area contributed by atoms with Crippen LogP contribution in [0.3, 0.4) is 0 Å². The first-order valence-electron chi connectivity index (χ1n) is 9.74. The molecule has 0 spiro atoms. The lowest BCUT2D eigenvalue weighted by Gasteiger charge is -2.23. The zero-order chi connectivity index (χ0) is 21.4.